The number of hydrogen-bond acceptors (Lipinski definition) is 5. The minimum absolute atomic E-state index is 0.113. The first kappa shape index (κ1) is 13.3. The predicted molar refractivity (Wildman–Crippen MR) is 74.5 cm³/mol. The summed E-state index contributed by atoms with van der Waals surface area (Å²) in [5, 5.41) is 15.4. The van der Waals surface area contributed by atoms with Crippen molar-refractivity contribution in [1.29, 1.82) is 0 Å². The van der Waals surface area contributed by atoms with Gasteiger partial charge in [0, 0.05) is 23.4 Å². The van der Waals surface area contributed by atoms with E-state index in [2.05, 4.69) is 5.10 Å². The Hall–Kier alpha value is -2.70. The Bertz CT molecular complexity index is 719. The van der Waals surface area contributed by atoms with Crippen molar-refractivity contribution in [2.75, 3.05) is 7.11 Å². The van der Waals surface area contributed by atoms with Crippen molar-refractivity contribution in [2.45, 2.75) is 18.9 Å². The normalized spacial score (nSPS) is 14.0. The second-order valence-electron chi connectivity index (χ2n) is 4.90. The van der Waals surface area contributed by atoms with Crippen LogP contribution in [0.5, 0.6) is 5.75 Å². The zero-order valence-electron chi connectivity index (χ0n) is 11.4. The lowest BCUT2D eigenvalue weighted by Crippen LogP contribution is -1.99. The summed E-state index contributed by atoms with van der Waals surface area (Å²) in [7, 11) is 1.36. The molecule has 0 bridgehead atoms. The van der Waals surface area contributed by atoms with Gasteiger partial charge >= 0.3 is 5.69 Å². The standard InChI is InChI=1S/C14H13N3O4/c1-21-14-7-11(9(8-18)6-13(14)17(19)20)12-4-5-16(15-12)10-2-3-10/h4-8,10H,2-3H2,1H3. The number of nitro benzene ring substituents is 1. The van der Waals surface area contributed by atoms with E-state index in [-0.39, 0.29) is 17.0 Å². The van der Waals surface area contributed by atoms with E-state index in [0.717, 1.165) is 12.8 Å². The number of rotatable bonds is 5. The van der Waals surface area contributed by atoms with Crippen LogP contribution in [-0.4, -0.2) is 28.1 Å². The van der Waals surface area contributed by atoms with Crippen molar-refractivity contribution in [2.24, 2.45) is 0 Å². The highest BCUT2D eigenvalue weighted by atomic mass is 16.6. The van der Waals surface area contributed by atoms with Gasteiger partial charge in [0.25, 0.3) is 0 Å². The van der Waals surface area contributed by atoms with Crippen LogP contribution >= 0.6 is 0 Å². The lowest BCUT2D eigenvalue weighted by atomic mass is 10.0. The van der Waals surface area contributed by atoms with Crippen LogP contribution in [0.4, 0.5) is 5.69 Å². The topological polar surface area (TPSA) is 87.3 Å². The third-order valence-corrected chi connectivity index (χ3v) is 3.48. The lowest BCUT2D eigenvalue weighted by Gasteiger charge is -2.06. The van der Waals surface area contributed by atoms with Gasteiger partial charge in [0.1, 0.15) is 0 Å². The summed E-state index contributed by atoms with van der Waals surface area (Å²) in [6.07, 6.45) is 4.66. The first-order valence-electron chi connectivity index (χ1n) is 6.51. The summed E-state index contributed by atoms with van der Waals surface area (Å²) in [6.45, 7) is 0. The van der Waals surface area contributed by atoms with Gasteiger partial charge in [-0.05, 0) is 25.0 Å². The maximum absolute atomic E-state index is 11.2. The van der Waals surface area contributed by atoms with Crippen molar-refractivity contribution in [3.8, 4) is 17.0 Å². The number of aldehydes is 1. The van der Waals surface area contributed by atoms with E-state index in [1.54, 1.807) is 6.07 Å². The molecule has 21 heavy (non-hydrogen) atoms. The van der Waals surface area contributed by atoms with Crippen LogP contribution in [0.15, 0.2) is 24.4 Å². The Morgan fingerprint density at radius 3 is 2.81 bits per heavy atom. The molecule has 1 aromatic heterocycles. The Morgan fingerprint density at radius 1 is 1.48 bits per heavy atom. The molecule has 0 amide bonds. The summed E-state index contributed by atoms with van der Waals surface area (Å²) >= 11 is 0. The Labute approximate surface area is 120 Å². The molecule has 3 rings (SSSR count). The molecule has 0 N–H and O–H groups in total. The summed E-state index contributed by atoms with van der Waals surface area (Å²) in [5.41, 5.74) is 1.14. The molecule has 1 fully saturated rings. The number of hydrogen-bond donors (Lipinski definition) is 0. The molecule has 0 atom stereocenters. The zero-order valence-corrected chi connectivity index (χ0v) is 11.4. The van der Waals surface area contributed by atoms with Gasteiger partial charge in [0.15, 0.2) is 12.0 Å². The quantitative estimate of drug-likeness (QED) is 0.479. The molecule has 0 unspecified atom stereocenters. The fraction of sp³-hybridized carbons (Fsp3) is 0.286. The van der Waals surface area contributed by atoms with Crippen LogP contribution in [0, 0.1) is 10.1 Å². The van der Waals surface area contributed by atoms with Gasteiger partial charge in [0.2, 0.25) is 0 Å². The second-order valence-corrected chi connectivity index (χ2v) is 4.90. The summed E-state index contributed by atoms with van der Waals surface area (Å²) < 4.78 is 6.90. The third kappa shape index (κ3) is 2.37. The van der Waals surface area contributed by atoms with E-state index in [0.29, 0.717) is 23.6 Å². The van der Waals surface area contributed by atoms with Gasteiger partial charge in [-0.15, -0.1) is 0 Å². The van der Waals surface area contributed by atoms with Crippen molar-refractivity contribution >= 4 is 12.0 Å². The van der Waals surface area contributed by atoms with E-state index in [1.165, 1.54) is 19.2 Å². The number of nitro groups is 1. The molecule has 0 spiro atoms. The Balaban J connectivity index is 2.11. The molecule has 0 radical (unpaired) electrons. The van der Waals surface area contributed by atoms with Crippen LogP contribution in [0.25, 0.3) is 11.3 Å². The van der Waals surface area contributed by atoms with Crippen molar-refractivity contribution in [3.05, 3.63) is 40.1 Å². The fourth-order valence-corrected chi connectivity index (χ4v) is 2.23. The highest BCUT2D eigenvalue weighted by Gasteiger charge is 2.25. The molecule has 1 aromatic carbocycles. The number of carbonyl (C=O) groups is 1. The number of aromatic nitrogens is 2. The maximum atomic E-state index is 11.2. The maximum Gasteiger partial charge on any atom is 0.311 e. The third-order valence-electron chi connectivity index (χ3n) is 3.48. The van der Waals surface area contributed by atoms with Gasteiger partial charge in [0.05, 0.1) is 23.8 Å². The second kappa shape index (κ2) is 5.01. The van der Waals surface area contributed by atoms with Gasteiger partial charge < -0.3 is 4.74 Å². The number of benzene rings is 1. The molecule has 7 nitrogen and oxygen atoms in total. The van der Waals surface area contributed by atoms with Crippen LogP contribution < -0.4 is 4.74 Å². The van der Waals surface area contributed by atoms with Gasteiger partial charge in [-0.3, -0.25) is 19.6 Å². The van der Waals surface area contributed by atoms with E-state index in [9.17, 15) is 14.9 Å². The number of ether oxygens (including phenoxy) is 1. The first-order valence-corrected chi connectivity index (χ1v) is 6.51. The summed E-state index contributed by atoms with van der Waals surface area (Å²) in [5.74, 6) is 0.113. The largest absolute Gasteiger partial charge is 0.490 e. The van der Waals surface area contributed by atoms with Crippen LogP contribution in [0.3, 0.4) is 0 Å². The average molecular weight is 287 g/mol. The molecule has 2 aromatic rings. The van der Waals surface area contributed by atoms with Crippen LogP contribution in [-0.2, 0) is 0 Å². The molecule has 1 aliphatic rings. The predicted octanol–water partition coefficient (Wildman–Crippen LogP) is 2.61. The SMILES string of the molecule is COc1cc(-c2ccn(C3CC3)n2)c(C=O)cc1[N+](=O)[O-]. The smallest absolute Gasteiger partial charge is 0.311 e. The van der Waals surface area contributed by atoms with Crippen molar-refractivity contribution in [3.63, 3.8) is 0 Å². The molecule has 1 aliphatic carbocycles. The minimum Gasteiger partial charge on any atom is -0.490 e. The van der Waals surface area contributed by atoms with E-state index in [4.69, 9.17) is 4.74 Å². The van der Waals surface area contributed by atoms with Crippen molar-refractivity contribution in [1.82, 2.24) is 9.78 Å². The molecule has 7 heteroatoms. The first-order chi connectivity index (χ1) is 10.1. The molecule has 1 saturated carbocycles. The average Bonchev–Trinajstić information content (AvgIpc) is 3.23. The molecule has 0 saturated heterocycles. The minimum atomic E-state index is -0.571. The van der Waals surface area contributed by atoms with Crippen LogP contribution in [0.2, 0.25) is 0 Å². The Kier molecular flexibility index (Phi) is 3.17. The van der Waals surface area contributed by atoms with Gasteiger partial charge in [-0.25, -0.2) is 0 Å². The molecule has 108 valence electrons. The molecular weight excluding hydrogens is 274 g/mol. The highest BCUT2D eigenvalue weighted by molar-refractivity contribution is 5.89. The highest BCUT2D eigenvalue weighted by Crippen LogP contribution is 2.37. The van der Waals surface area contributed by atoms with Crippen molar-refractivity contribution < 1.29 is 14.5 Å². The summed E-state index contributed by atoms with van der Waals surface area (Å²) in [4.78, 5) is 21.6. The lowest BCUT2D eigenvalue weighted by molar-refractivity contribution is -0.385. The fourth-order valence-electron chi connectivity index (χ4n) is 2.23. The zero-order chi connectivity index (χ0) is 15.0. The van der Waals surface area contributed by atoms with E-state index in [1.807, 2.05) is 10.9 Å². The monoisotopic (exact) mass is 287 g/mol. The van der Waals surface area contributed by atoms with Gasteiger partial charge in [-0.2, -0.15) is 5.10 Å². The number of nitrogens with zero attached hydrogens (tertiary/aromatic N) is 3. The van der Waals surface area contributed by atoms with E-state index < -0.39 is 4.92 Å². The number of carbonyl (C=O) groups excluding carboxylic acids is 1. The summed E-state index contributed by atoms with van der Waals surface area (Å²) in [6, 6.07) is 4.93. The van der Waals surface area contributed by atoms with Gasteiger partial charge in [-0.1, -0.05) is 0 Å². The molecule has 1 heterocycles. The molecular formula is C14H13N3O4. The van der Waals surface area contributed by atoms with Crippen LogP contribution in [0.1, 0.15) is 29.2 Å². The number of methoxy groups -OCH3 is 1. The van der Waals surface area contributed by atoms with E-state index >= 15 is 0 Å². The molecule has 0 aliphatic heterocycles. The Morgan fingerprint density at radius 2 is 2.24 bits per heavy atom.